The number of likely N-dealkylation sites (tertiary alicyclic amines) is 1. The highest BCUT2D eigenvalue weighted by molar-refractivity contribution is 5.27. The predicted molar refractivity (Wildman–Crippen MR) is 92.9 cm³/mol. The van der Waals surface area contributed by atoms with Crippen LogP contribution >= 0.6 is 0 Å². The van der Waals surface area contributed by atoms with Crippen molar-refractivity contribution in [3.8, 4) is 5.75 Å². The van der Waals surface area contributed by atoms with E-state index in [0.29, 0.717) is 0 Å². The Bertz CT molecular complexity index is 457. The topological polar surface area (TPSA) is 24.9 Å². The van der Waals surface area contributed by atoms with E-state index in [1.165, 1.54) is 31.5 Å². The van der Waals surface area contributed by atoms with Crippen molar-refractivity contribution in [2.45, 2.75) is 26.3 Å². The first-order valence-corrected chi connectivity index (χ1v) is 9.04. The summed E-state index contributed by atoms with van der Waals surface area (Å²) in [5, 5.41) is 0. The van der Waals surface area contributed by atoms with E-state index in [0.717, 1.165) is 57.7 Å². The minimum Gasteiger partial charge on any atom is -0.492 e. The van der Waals surface area contributed by atoms with E-state index in [1.807, 2.05) is 0 Å². The lowest BCUT2D eigenvalue weighted by atomic mass is 10.0. The minimum absolute atomic E-state index is 0.787. The Morgan fingerprint density at radius 1 is 1.09 bits per heavy atom. The van der Waals surface area contributed by atoms with Crippen LogP contribution in [0.4, 0.5) is 0 Å². The highest BCUT2D eigenvalue weighted by Crippen LogP contribution is 2.16. The van der Waals surface area contributed by atoms with Gasteiger partial charge >= 0.3 is 0 Å². The summed E-state index contributed by atoms with van der Waals surface area (Å²) < 4.78 is 11.3. The Morgan fingerprint density at radius 3 is 2.61 bits per heavy atom. The second-order valence-electron chi connectivity index (χ2n) is 6.93. The van der Waals surface area contributed by atoms with Gasteiger partial charge in [-0.1, -0.05) is 19.1 Å². The Morgan fingerprint density at radius 2 is 1.87 bits per heavy atom. The fourth-order valence-electron chi connectivity index (χ4n) is 3.49. The first kappa shape index (κ1) is 16.7. The zero-order chi connectivity index (χ0) is 15.9. The molecule has 4 heteroatoms. The summed E-state index contributed by atoms with van der Waals surface area (Å²) >= 11 is 0. The smallest absolute Gasteiger partial charge is 0.119 e. The minimum atomic E-state index is 0.787. The van der Waals surface area contributed by atoms with Crippen LogP contribution in [0.3, 0.4) is 0 Å². The van der Waals surface area contributed by atoms with Gasteiger partial charge in [0.2, 0.25) is 0 Å². The molecule has 2 fully saturated rings. The van der Waals surface area contributed by atoms with Crippen LogP contribution < -0.4 is 4.74 Å². The number of hydrogen-bond donors (Lipinski definition) is 0. The van der Waals surface area contributed by atoms with Crippen molar-refractivity contribution < 1.29 is 9.47 Å². The lowest BCUT2D eigenvalue weighted by molar-refractivity contribution is 0.0342. The van der Waals surface area contributed by atoms with Crippen LogP contribution in [0.2, 0.25) is 0 Å². The van der Waals surface area contributed by atoms with Crippen molar-refractivity contribution >= 4 is 0 Å². The third kappa shape index (κ3) is 5.48. The number of rotatable bonds is 6. The molecule has 0 radical (unpaired) electrons. The summed E-state index contributed by atoms with van der Waals surface area (Å²) in [6, 6.07) is 8.59. The zero-order valence-corrected chi connectivity index (χ0v) is 14.4. The normalized spacial score (nSPS) is 23.8. The molecule has 2 aliphatic rings. The maximum Gasteiger partial charge on any atom is 0.119 e. The Kier molecular flexibility index (Phi) is 6.31. The van der Waals surface area contributed by atoms with E-state index >= 15 is 0 Å². The van der Waals surface area contributed by atoms with E-state index in [4.69, 9.17) is 9.47 Å². The summed E-state index contributed by atoms with van der Waals surface area (Å²) in [4.78, 5) is 4.97. The standard InChI is InChI=1S/C19H30N2O2/c1-17-3-2-8-20(15-17)11-14-23-19-6-4-18(5-7-19)16-21-9-12-22-13-10-21/h4-7,17H,2-3,8-16H2,1H3/t17-/m0/s1. The van der Waals surface area contributed by atoms with Crippen LogP contribution in [0.5, 0.6) is 5.75 Å². The molecule has 0 aliphatic carbocycles. The molecule has 0 amide bonds. The lowest BCUT2D eigenvalue weighted by Gasteiger charge is -2.30. The molecule has 1 atom stereocenters. The van der Waals surface area contributed by atoms with Gasteiger partial charge in [0.25, 0.3) is 0 Å². The summed E-state index contributed by atoms with van der Waals surface area (Å²) in [6.07, 6.45) is 2.71. The molecule has 2 saturated heterocycles. The third-order valence-corrected chi connectivity index (χ3v) is 4.85. The van der Waals surface area contributed by atoms with E-state index in [9.17, 15) is 0 Å². The van der Waals surface area contributed by atoms with Gasteiger partial charge < -0.3 is 9.47 Å². The van der Waals surface area contributed by atoms with Crippen molar-refractivity contribution in [3.63, 3.8) is 0 Å². The maximum atomic E-state index is 5.91. The summed E-state index contributed by atoms with van der Waals surface area (Å²) in [6.45, 7) is 11.4. The molecule has 2 aliphatic heterocycles. The van der Waals surface area contributed by atoms with Gasteiger partial charge in [-0.25, -0.2) is 0 Å². The Hall–Kier alpha value is -1.10. The highest BCUT2D eigenvalue weighted by atomic mass is 16.5. The molecule has 23 heavy (non-hydrogen) atoms. The van der Waals surface area contributed by atoms with Gasteiger partial charge in [-0.2, -0.15) is 0 Å². The largest absolute Gasteiger partial charge is 0.492 e. The van der Waals surface area contributed by atoms with Crippen molar-refractivity contribution in [1.29, 1.82) is 0 Å². The molecule has 0 unspecified atom stereocenters. The molecule has 0 saturated carbocycles. The highest BCUT2D eigenvalue weighted by Gasteiger charge is 2.15. The second kappa shape index (κ2) is 8.67. The first-order valence-electron chi connectivity index (χ1n) is 9.04. The van der Waals surface area contributed by atoms with Gasteiger partial charge in [0.05, 0.1) is 13.2 Å². The van der Waals surface area contributed by atoms with Gasteiger partial charge in [0.15, 0.2) is 0 Å². The fourth-order valence-corrected chi connectivity index (χ4v) is 3.49. The van der Waals surface area contributed by atoms with Crippen molar-refractivity contribution in [3.05, 3.63) is 29.8 Å². The second-order valence-corrected chi connectivity index (χ2v) is 6.93. The third-order valence-electron chi connectivity index (χ3n) is 4.85. The number of hydrogen-bond acceptors (Lipinski definition) is 4. The van der Waals surface area contributed by atoms with Gasteiger partial charge in [-0.15, -0.1) is 0 Å². The van der Waals surface area contributed by atoms with Crippen LogP contribution in [0.15, 0.2) is 24.3 Å². The summed E-state index contributed by atoms with van der Waals surface area (Å²) in [5.41, 5.74) is 1.35. The number of morpholine rings is 1. The Balaban J connectivity index is 1.38. The molecule has 3 rings (SSSR count). The quantitative estimate of drug-likeness (QED) is 0.805. The monoisotopic (exact) mass is 318 g/mol. The molecule has 2 heterocycles. The number of ether oxygens (including phenoxy) is 2. The first-order chi connectivity index (χ1) is 11.3. The molecule has 1 aromatic carbocycles. The molecule has 1 aromatic rings. The molecule has 128 valence electrons. The van der Waals surface area contributed by atoms with E-state index in [-0.39, 0.29) is 0 Å². The molecule has 4 nitrogen and oxygen atoms in total. The molecule has 0 aromatic heterocycles. The average Bonchev–Trinajstić information content (AvgIpc) is 2.58. The van der Waals surface area contributed by atoms with Gasteiger partial charge in [0, 0.05) is 32.7 Å². The zero-order valence-electron chi connectivity index (χ0n) is 14.4. The van der Waals surface area contributed by atoms with Crippen LogP contribution in [-0.4, -0.2) is 62.3 Å². The molecule has 0 N–H and O–H groups in total. The molecular formula is C19H30N2O2. The molecule has 0 spiro atoms. The number of nitrogens with zero attached hydrogens (tertiary/aromatic N) is 2. The molecule has 0 bridgehead atoms. The number of benzene rings is 1. The van der Waals surface area contributed by atoms with E-state index in [2.05, 4.69) is 41.0 Å². The fraction of sp³-hybridized carbons (Fsp3) is 0.684. The van der Waals surface area contributed by atoms with Crippen molar-refractivity contribution in [2.75, 3.05) is 52.5 Å². The predicted octanol–water partition coefficient (Wildman–Crippen LogP) is 2.63. The van der Waals surface area contributed by atoms with Crippen molar-refractivity contribution in [1.82, 2.24) is 9.80 Å². The van der Waals surface area contributed by atoms with E-state index < -0.39 is 0 Å². The van der Waals surface area contributed by atoms with Gasteiger partial charge in [0.1, 0.15) is 12.4 Å². The van der Waals surface area contributed by atoms with E-state index in [1.54, 1.807) is 0 Å². The van der Waals surface area contributed by atoms with Gasteiger partial charge in [-0.3, -0.25) is 9.80 Å². The summed E-state index contributed by atoms with van der Waals surface area (Å²) in [5.74, 6) is 1.82. The Labute approximate surface area is 140 Å². The SMILES string of the molecule is C[C@H]1CCCN(CCOc2ccc(CN3CCOCC3)cc2)C1. The van der Waals surface area contributed by atoms with Crippen LogP contribution in [-0.2, 0) is 11.3 Å². The van der Waals surface area contributed by atoms with Crippen LogP contribution in [0.1, 0.15) is 25.3 Å². The lowest BCUT2D eigenvalue weighted by Crippen LogP contribution is -2.37. The number of piperidine rings is 1. The molecular weight excluding hydrogens is 288 g/mol. The van der Waals surface area contributed by atoms with Crippen LogP contribution in [0.25, 0.3) is 0 Å². The average molecular weight is 318 g/mol. The summed E-state index contributed by atoms with van der Waals surface area (Å²) in [7, 11) is 0. The maximum absolute atomic E-state index is 5.91. The van der Waals surface area contributed by atoms with Crippen LogP contribution in [0, 0.1) is 5.92 Å². The van der Waals surface area contributed by atoms with Crippen molar-refractivity contribution in [2.24, 2.45) is 5.92 Å². The van der Waals surface area contributed by atoms with Gasteiger partial charge in [-0.05, 0) is 43.0 Å².